The van der Waals surface area contributed by atoms with E-state index in [4.69, 9.17) is 5.11 Å². The number of methoxy groups -OCH3 is 1. The second-order valence-electron chi connectivity index (χ2n) is 2.78. The fraction of sp³-hybridized carbons (Fsp3) is 0.857. The number of carbonyl (C=O) groups excluding carboxylic acids is 1. The number of aliphatic hydroxyl groups is 1. The predicted octanol–water partition coefficient (Wildman–Crippen LogP) is -0.306. The van der Waals surface area contributed by atoms with E-state index in [0.717, 1.165) is 12.8 Å². The Balaban J connectivity index is 0.00000121. The first-order valence-corrected chi connectivity index (χ1v) is 3.70. The van der Waals surface area contributed by atoms with Gasteiger partial charge >= 0.3 is 5.97 Å². The second-order valence-corrected chi connectivity index (χ2v) is 2.78. The van der Waals surface area contributed by atoms with Crippen molar-refractivity contribution in [3.63, 3.8) is 0 Å². The lowest BCUT2D eigenvalue weighted by molar-refractivity contribution is -0.140. The number of halogens is 1. The first-order valence-electron chi connectivity index (χ1n) is 3.70. The number of rotatable bonds is 3. The number of carbonyl (C=O) groups is 1. The summed E-state index contributed by atoms with van der Waals surface area (Å²) in [6.45, 7) is 0.244. The summed E-state index contributed by atoms with van der Waals surface area (Å²) in [4.78, 5) is 10.6. The first-order chi connectivity index (χ1) is 5.22. The fourth-order valence-electron chi connectivity index (χ4n) is 1.05. The average Bonchev–Trinajstić information content (AvgIpc) is 1.95. The van der Waals surface area contributed by atoms with Gasteiger partial charge in [-0.05, 0) is 12.8 Å². The topological polar surface area (TPSA) is 58.6 Å². The minimum atomic E-state index is -0.258. The molecule has 0 unspecified atom stereocenters. The molecule has 72 valence electrons. The van der Waals surface area contributed by atoms with Crippen LogP contribution in [0.1, 0.15) is 12.8 Å². The molecule has 0 atom stereocenters. The SMILES string of the molecule is COC(=O)CNC1CC(O)C1.Cl. The molecule has 0 bridgehead atoms. The van der Waals surface area contributed by atoms with Crippen LogP contribution in [0.5, 0.6) is 0 Å². The lowest BCUT2D eigenvalue weighted by atomic mass is 9.90. The molecule has 5 heteroatoms. The molecule has 0 aromatic rings. The van der Waals surface area contributed by atoms with E-state index in [9.17, 15) is 4.79 Å². The third-order valence-electron chi connectivity index (χ3n) is 1.88. The number of aliphatic hydroxyl groups excluding tert-OH is 1. The van der Waals surface area contributed by atoms with E-state index < -0.39 is 0 Å². The summed E-state index contributed by atoms with van der Waals surface area (Å²) in [7, 11) is 1.36. The van der Waals surface area contributed by atoms with Crippen LogP contribution in [0, 0.1) is 0 Å². The summed E-state index contributed by atoms with van der Waals surface area (Å²) in [5.74, 6) is -0.258. The predicted molar refractivity (Wildman–Crippen MR) is 46.3 cm³/mol. The summed E-state index contributed by atoms with van der Waals surface area (Å²) in [5, 5.41) is 11.9. The highest BCUT2D eigenvalue weighted by Gasteiger charge is 2.26. The summed E-state index contributed by atoms with van der Waals surface area (Å²) in [6, 6.07) is 0.295. The number of hydrogen-bond donors (Lipinski definition) is 2. The maximum Gasteiger partial charge on any atom is 0.319 e. The minimum Gasteiger partial charge on any atom is -0.468 e. The van der Waals surface area contributed by atoms with Crippen LogP contribution in [-0.4, -0.2) is 36.9 Å². The molecule has 0 saturated heterocycles. The van der Waals surface area contributed by atoms with Crippen molar-refractivity contribution in [1.29, 1.82) is 0 Å². The Hall–Kier alpha value is -0.320. The van der Waals surface area contributed by atoms with E-state index in [0.29, 0.717) is 6.04 Å². The third-order valence-corrected chi connectivity index (χ3v) is 1.88. The maximum atomic E-state index is 10.6. The summed E-state index contributed by atoms with van der Waals surface area (Å²) < 4.78 is 4.43. The first kappa shape index (κ1) is 11.7. The number of hydrogen-bond acceptors (Lipinski definition) is 4. The normalized spacial score (nSPS) is 26.8. The molecule has 1 saturated carbocycles. The van der Waals surface area contributed by atoms with E-state index in [1.807, 2.05) is 0 Å². The van der Waals surface area contributed by atoms with E-state index in [2.05, 4.69) is 10.1 Å². The van der Waals surface area contributed by atoms with Gasteiger partial charge in [0.1, 0.15) is 0 Å². The molecule has 4 nitrogen and oxygen atoms in total. The van der Waals surface area contributed by atoms with Crippen LogP contribution in [0.2, 0.25) is 0 Å². The van der Waals surface area contributed by atoms with E-state index >= 15 is 0 Å². The van der Waals surface area contributed by atoms with Crippen molar-refractivity contribution in [2.75, 3.05) is 13.7 Å². The van der Waals surface area contributed by atoms with Crippen molar-refractivity contribution in [3.8, 4) is 0 Å². The van der Waals surface area contributed by atoms with Crippen molar-refractivity contribution < 1.29 is 14.6 Å². The van der Waals surface area contributed by atoms with Crippen molar-refractivity contribution in [2.45, 2.75) is 25.0 Å². The molecule has 0 aromatic heterocycles. The van der Waals surface area contributed by atoms with Crippen molar-refractivity contribution in [2.24, 2.45) is 0 Å². The molecule has 0 aliphatic heterocycles. The highest BCUT2D eigenvalue weighted by Crippen LogP contribution is 2.18. The van der Waals surface area contributed by atoms with Gasteiger partial charge in [-0.25, -0.2) is 0 Å². The second kappa shape index (κ2) is 5.35. The number of esters is 1. The molecule has 1 fully saturated rings. The van der Waals surface area contributed by atoms with E-state index in [-0.39, 0.29) is 31.0 Å². The van der Waals surface area contributed by atoms with Gasteiger partial charge in [0, 0.05) is 6.04 Å². The Morgan fingerprint density at radius 3 is 2.67 bits per heavy atom. The van der Waals surface area contributed by atoms with Gasteiger partial charge in [0.2, 0.25) is 0 Å². The molecular formula is C7H14ClNO3. The van der Waals surface area contributed by atoms with Crippen LogP contribution in [-0.2, 0) is 9.53 Å². The molecule has 0 radical (unpaired) electrons. The Kier molecular flexibility index (Phi) is 5.20. The zero-order chi connectivity index (χ0) is 8.27. The quantitative estimate of drug-likeness (QED) is 0.607. The fourth-order valence-corrected chi connectivity index (χ4v) is 1.05. The third kappa shape index (κ3) is 3.38. The molecular weight excluding hydrogens is 182 g/mol. The number of nitrogens with one attached hydrogen (secondary N) is 1. The van der Waals surface area contributed by atoms with E-state index in [1.165, 1.54) is 7.11 Å². The number of ether oxygens (including phenoxy) is 1. The minimum absolute atomic E-state index is 0. The molecule has 0 amide bonds. The molecule has 12 heavy (non-hydrogen) atoms. The molecule has 2 N–H and O–H groups in total. The zero-order valence-corrected chi connectivity index (χ0v) is 7.76. The van der Waals surface area contributed by atoms with Gasteiger partial charge in [0.05, 0.1) is 19.8 Å². The Morgan fingerprint density at radius 2 is 2.25 bits per heavy atom. The molecule has 1 rings (SSSR count). The van der Waals surface area contributed by atoms with E-state index in [1.54, 1.807) is 0 Å². The van der Waals surface area contributed by atoms with Gasteiger partial charge in [-0.3, -0.25) is 4.79 Å². The standard InChI is InChI=1S/C7H13NO3.ClH/c1-11-7(10)4-8-5-2-6(9)3-5;/h5-6,8-9H,2-4H2,1H3;1H. The van der Waals surface area contributed by atoms with Gasteiger partial charge < -0.3 is 15.2 Å². The molecule has 1 aliphatic rings. The van der Waals surface area contributed by atoms with Crippen LogP contribution < -0.4 is 5.32 Å². The van der Waals surface area contributed by atoms with Gasteiger partial charge in [-0.2, -0.15) is 0 Å². The van der Waals surface area contributed by atoms with Crippen LogP contribution >= 0.6 is 12.4 Å². The van der Waals surface area contributed by atoms with Gasteiger partial charge in [0.25, 0.3) is 0 Å². The smallest absolute Gasteiger partial charge is 0.319 e. The van der Waals surface area contributed by atoms with Crippen LogP contribution in [0.15, 0.2) is 0 Å². The molecule has 0 spiro atoms. The Morgan fingerprint density at radius 1 is 1.67 bits per heavy atom. The summed E-state index contributed by atoms with van der Waals surface area (Å²) in [6.07, 6.45) is 1.32. The molecule has 0 aromatic carbocycles. The lowest BCUT2D eigenvalue weighted by Gasteiger charge is -2.31. The zero-order valence-electron chi connectivity index (χ0n) is 6.95. The van der Waals surface area contributed by atoms with Crippen molar-refractivity contribution >= 4 is 18.4 Å². The van der Waals surface area contributed by atoms with Gasteiger partial charge in [-0.15, -0.1) is 12.4 Å². The van der Waals surface area contributed by atoms with Crippen molar-refractivity contribution in [3.05, 3.63) is 0 Å². The average molecular weight is 196 g/mol. The highest BCUT2D eigenvalue weighted by molar-refractivity contribution is 5.85. The molecule has 0 heterocycles. The van der Waals surface area contributed by atoms with Gasteiger partial charge in [-0.1, -0.05) is 0 Å². The largest absolute Gasteiger partial charge is 0.468 e. The van der Waals surface area contributed by atoms with Gasteiger partial charge in [0.15, 0.2) is 0 Å². The summed E-state index contributed by atoms with van der Waals surface area (Å²) >= 11 is 0. The van der Waals surface area contributed by atoms with Crippen molar-refractivity contribution in [1.82, 2.24) is 5.32 Å². The molecule has 1 aliphatic carbocycles. The van der Waals surface area contributed by atoms with Crippen LogP contribution in [0.25, 0.3) is 0 Å². The monoisotopic (exact) mass is 195 g/mol. The lowest BCUT2D eigenvalue weighted by Crippen LogP contribution is -2.46. The Bertz CT molecular complexity index is 148. The van der Waals surface area contributed by atoms with Crippen LogP contribution in [0.4, 0.5) is 0 Å². The highest BCUT2D eigenvalue weighted by atomic mass is 35.5. The summed E-state index contributed by atoms with van der Waals surface area (Å²) in [5.41, 5.74) is 0. The van der Waals surface area contributed by atoms with Crippen LogP contribution in [0.3, 0.4) is 0 Å². The Labute approximate surface area is 77.7 Å². The maximum absolute atomic E-state index is 10.6.